The monoisotopic (exact) mass is 353 g/mol. The van der Waals surface area contributed by atoms with E-state index in [2.05, 4.69) is 38.2 Å². The molecular formula is C19H23N5O2. The van der Waals surface area contributed by atoms with Gasteiger partial charge in [-0.25, -0.2) is 5.10 Å². The fourth-order valence-electron chi connectivity index (χ4n) is 3.86. The summed E-state index contributed by atoms with van der Waals surface area (Å²) in [6, 6.07) is 9.81. The van der Waals surface area contributed by atoms with E-state index < -0.39 is 0 Å². The molecule has 3 heterocycles. The maximum absolute atomic E-state index is 13.1. The van der Waals surface area contributed by atoms with Crippen molar-refractivity contribution in [1.29, 1.82) is 0 Å². The lowest BCUT2D eigenvalue weighted by Gasteiger charge is -2.40. The molecule has 4 rings (SSSR count). The summed E-state index contributed by atoms with van der Waals surface area (Å²) >= 11 is 0. The van der Waals surface area contributed by atoms with Crippen LogP contribution in [0.15, 0.2) is 41.3 Å². The number of aromatic amines is 1. The van der Waals surface area contributed by atoms with Crippen molar-refractivity contribution in [3.8, 4) is 0 Å². The molecule has 1 saturated heterocycles. The molecule has 7 heteroatoms. The van der Waals surface area contributed by atoms with Crippen LogP contribution < -0.4 is 10.5 Å². The lowest BCUT2D eigenvalue weighted by atomic mass is 9.93. The molecule has 0 aliphatic carbocycles. The van der Waals surface area contributed by atoms with Crippen LogP contribution in [0.3, 0.4) is 0 Å². The lowest BCUT2D eigenvalue weighted by Crippen LogP contribution is -2.55. The zero-order chi connectivity index (χ0) is 18.1. The minimum absolute atomic E-state index is 0.0994. The number of benzene rings is 1. The Labute approximate surface area is 152 Å². The number of hydrogen-bond acceptors (Lipinski definition) is 5. The van der Waals surface area contributed by atoms with Crippen molar-refractivity contribution >= 4 is 11.6 Å². The third kappa shape index (κ3) is 3.22. The molecule has 1 fully saturated rings. The zero-order valence-corrected chi connectivity index (χ0v) is 14.9. The quantitative estimate of drug-likeness (QED) is 0.850. The minimum atomic E-state index is -0.205. The summed E-state index contributed by atoms with van der Waals surface area (Å²) < 4.78 is 0. The first-order valence-corrected chi connectivity index (χ1v) is 8.97. The smallest absolute Gasteiger partial charge is 0.266 e. The summed E-state index contributed by atoms with van der Waals surface area (Å²) in [4.78, 5) is 30.7. The van der Waals surface area contributed by atoms with Crippen molar-refractivity contribution in [3.63, 3.8) is 0 Å². The number of piperazine rings is 1. The fourth-order valence-corrected chi connectivity index (χ4v) is 3.86. The van der Waals surface area contributed by atoms with Gasteiger partial charge in [0.2, 0.25) is 5.91 Å². The van der Waals surface area contributed by atoms with E-state index in [0.29, 0.717) is 26.2 Å². The number of carbonyl (C=O) groups excluding carboxylic acids is 1. The summed E-state index contributed by atoms with van der Waals surface area (Å²) in [6.45, 7) is 3.56. The highest BCUT2D eigenvalue weighted by atomic mass is 16.2. The number of nitrogens with zero attached hydrogens (tertiary/aromatic N) is 4. The van der Waals surface area contributed by atoms with Gasteiger partial charge in [-0.15, -0.1) is 0 Å². The van der Waals surface area contributed by atoms with E-state index in [4.69, 9.17) is 0 Å². The molecule has 26 heavy (non-hydrogen) atoms. The number of aromatic nitrogens is 2. The molecule has 1 aromatic heterocycles. The van der Waals surface area contributed by atoms with Gasteiger partial charge in [-0.1, -0.05) is 24.3 Å². The third-order valence-electron chi connectivity index (χ3n) is 5.38. The predicted molar refractivity (Wildman–Crippen MR) is 99.1 cm³/mol. The molecule has 1 atom stereocenters. The molecule has 1 amide bonds. The summed E-state index contributed by atoms with van der Waals surface area (Å²) in [5.74, 6) is 0.200. The Bertz CT molecular complexity index is 857. The number of H-pyrrole nitrogens is 1. The predicted octanol–water partition coefficient (Wildman–Crippen LogP) is 0.475. The van der Waals surface area contributed by atoms with Gasteiger partial charge in [-0.05, 0) is 24.6 Å². The average molecular weight is 353 g/mol. The van der Waals surface area contributed by atoms with E-state index in [-0.39, 0.29) is 17.5 Å². The van der Waals surface area contributed by atoms with Gasteiger partial charge in [-0.3, -0.25) is 14.5 Å². The average Bonchev–Trinajstić information content (AvgIpc) is 2.67. The van der Waals surface area contributed by atoms with Crippen LogP contribution in [0.2, 0.25) is 0 Å². The van der Waals surface area contributed by atoms with Gasteiger partial charge in [-0.2, -0.15) is 5.10 Å². The fraction of sp³-hybridized carbons (Fsp3) is 0.421. The van der Waals surface area contributed by atoms with E-state index in [1.54, 1.807) is 12.3 Å². The Morgan fingerprint density at radius 2 is 1.88 bits per heavy atom. The number of nitrogens with one attached hydrogen (secondary N) is 1. The first kappa shape index (κ1) is 16.8. The van der Waals surface area contributed by atoms with Crippen LogP contribution in [-0.2, 0) is 17.8 Å². The first-order chi connectivity index (χ1) is 12.6. The van der Waals surface area contributed by atoms with Crippen LogP contribution in [0.4, 0.5) is 5.69 Å². The first-order valence-electron chi connectivity index (χ1n) is 8.97. The van der Waals surface area contributed by atoms with Gasteiger partial charge in [0.15, 0.2) is 0 Å². The molecule has 7 nitrogen and oxygen atoms in total. The zero-order valence-electron chi connectivity index (χ0n) is 14.9. The van der Waals surface area contributed by atoms with E-state index in [1.807, 2.05) is 18.0 Å². The Morgan fingerprint density at radius 1 is 1.15 bits per heavy atom. The van der Waals surface area contributed by atoms with Crippen molar-refractivity contribution < 1.29 is 4.79 Å². The topological polar surface area (TPSA) is 72.5 Å². The number of likely N-dealkylation sites (N-methyl/N-ethyl adjacent to an activating group) is 1. The van der Waals surface area contributed by atoms with Crippen LogP contribution in [-0.4, -0.2) is 65.2 Å². The number of carbonyl (C=O) groups is 1. The number of amides is 1. The molecule has 1 aromatic carbocycles. The van der Waals surface area contributed by atoms with Gasteiger partial charge in [0.1, 0.15) is 0 Å². The Kier molecular flexibility index (Phi) is 4.46. The Balaban J connectivity index is 1.41. The van der Waals surface area contributed by atoms with Crippen molar-refractivity contribution in [3.05, 3.63) is 58.0 Å². The second-order valence-corrected chi connectivity index (χ2v) is 7.02. The molecule has 0 radical (unpaired) electrons. The maximum atomic E-state index is 13.1. The summed E-state index contributed by atoms with van der Waals surface area (Å²) in [7, 11) is 2.02. The number of fused-ring (bicyclic) bond motifs is 1. The molecule has 0 spiro atoms. The van der Waals surface area contributed by atoms with Crippen LogP contribution in [0.25, 0.3) is 0 Å². The van der Waals surface area contributed by atoms with Crippen molar-refractivity contribution in [2.45, 2.75) is 19.0 Å². The molecule has 136 valence electrons. The second kappa shape index (κ2) is 6.92. The van der Waals surface area contributed by atoms with Gasteiger partial charge < -0.3 is 9.80 Å². The van der Waals surface area contributed by atoms with Crippen LogP contribution in [0.5, 0.6) is 0 Å². The van der Waals surface area contributed by atoms with Gasteiger partial charge in [0.05, 0.1) is 17.9 Å². The molecule has 2 aromatic rings. The van der Waals surface area contributed by atoms with Crippen molar-refractivity contribution in [1.82, 2.24) is 20.0 Å². The highest BCUT2D eigenvalue weighted by molar-refractivity contribution is 5.83. The van der Waals surface area contributed by atoms with E-state index >= 15 is 0 Å². The third-order valence-corrected chi connectivity index (χ3v) is 5.38. The standard InChI is InChI=1S/C19H23N5O2/c1-22-13-15-5-3-2-4-14(15)10-17(22)19(26)24-8-6-23(7-9-24)16-11-18(25)21-20-12-16/h2-5,11-12,17H,6-10,13H2,1H3,(H,21,25). The Morgan fingerprint density at radius 3 is 2.62 bits per heavy atom. The highest BCUT2D eigenvalue weighted by Gasteiger charge is 2.33. The van der Waals surface area contributed by atoms with Gasteiger partial charge in [0.25, 0.3) is 5.56 Å². The number of anilines is 1. The minimum Gasteiger partial charge on any atom is -0.367 e. The molecule has 0 bridgehead atoms. The van der Waals surface area contributed by atoms with E-state index in [1.165, 1.54) is 11.1 Å². The second-order valence-electron chi connectivity index (χ2n) is 7.02. The van der Waals surface area contributed by atoms with E-state index in [9.17, 15) is 9.59 Å². The number of rotatable bonds is 2. The van der Waals surface area contributed by atoms with Crippen LogP contribution in [0.1, 0.15) is 11.1 Å². The van der Waals surface area contributed by atoms with Gasteiger partial charge >= 0.3 is 0 Å². The molecule has 1 unspecified atom stereocenters. The normalized spacial score (nSPS) is 20.7. The summed E-state index contributed by atoms with van der Waals surface area (Å²) in [6.07, 6.45) is 2.43. The molecule has 0 saturated carbocycles. The van der Waals surface area contributed by atoms with Crippen molar-refractivity contribution in [2.24, 2.45) is 0 Å². The number of hydrogen-bond donors (Lipinski definition) is 1. The van der Waals surface area contributed by atoms with Gasteiger partial charge in [0, 0.05) is 38.8 Å². The highest BCUT2D eigenvalue weighted by Crippen LogP contribution is 2.24. The summed E-state index contributed by atoms with van der Waals surface area (Å²) in [5, 5.41) is 6.24. The maximum Gasteiger partial charge on any atom is 0.266 e. The molecular weight excluding hydrogens is 330 g/mol. The van der Waals surface area contributed by atoms with Crippen LogP contribution >= 0.6 is 0 Å². The van der Waals surface area contributed by atoms with Crippen molar-refractivity contribution in [2.75, 3.05) is 38.1 Å². The molecule has 1 N–H and O–H groups in total. The molecule has 2 aliphatic rings. The van der Waals surface area contributed by atoms with E-state index in [0.717, 1.165) is 18.7 Å². The lowest BCUT2D eigenvalue weighted by molar-refractivity contribution is -0.137. The summed E-state index contributed by atoms with van der Waals surface area (Å²) in [5.41, 5.74) is 3.19. The molecule has 2 aliphatic heterocycles. The SMILES string of the molecule is CN1Cc2ccccc2CC1C(=O)N1CCN(c2cn[nH]c(=O)c2)CC1. The Hall–Kier alpha value is -2.67. The van der Waals surface area contributed by atoms with Crippen LogP contribution in [0, 0.1) is 0 Å². The largest absolute Gasteiger partial charge is 0.367 e.